The molecule has 0 spiro atoms. The second kappa shape index (κ2) is 7.95. The molecule has 3 heterocycles. The number of nitro groups is 1. The molecule has 2 aliphatic rings. The van der Waals surface area contributed by atoms with E-state index in [1.165, 1.54) is 6.07 Å². The first-order valence-electron chi connectivity index (χ1n) is 9.48. The van der Waals surface area contributed by atoms with Crippen LogP contribution in [0.2, 0.25) is 0 Å². The fourth-order valence-corrected chi connectivity index (χ4v) is 5.29. The first-order valence-corrected chi connectivity index (χ1v) is 10.9. The van der Waals surface area contributed by atoms with Gasteiger partial charge in [0.2, 0.25) is 5.95 Å². The lowest BCUT2D eigenvalue weighted by molar-refractivity contribution is -0.385. The number of fused-ring (bicyclic) bond motifs is 1. The first-order chi connectivity index (χ1) is 14.4. The molecule has 1 saturated heterocycles. The Kier molecular flexibility index (Phi) is 5.35. The maximum Gasteiger partial charge on any atom is 0.270 e. The SMILES string of the molecule is O=C1c2ccc([N+](=O)[O-])cc2S(=O)(=O)N1CCCN1CCN(c2ncccn2)CC1. The number of rotatable bonds is 6. The molecule has 30 heavy (non-hydrogen) atoms. The van der Waals surface area contributed by atoms with Crippen molar-refractivity contribution in [3.05, 3.63) is 52.3 Å². The molecule has 0 radical (unpaired) electrons. The second-order valence-electron chi connectivity index (χ2n) is 7.05. The van der Waals surface area contributed by atoms with Gasteiger partial charge in [-0.25, -0.2) is 22.7 Å². The highest BCUT2D eigenvalue weighted by molar-refractivity contribution is 7.90. The average molecular weight is 432 g/mol. The Morgan fingerprint density at radius 3 is 2.43 bits per heavy atom. The summed E-state index contributed by atoms with van der Waals surface area (Å²) >= 11 is 0. The van der Waals surface area contributed by atoms with Crippen molar-refractivity contribution in [2.24, 2.45) is 0 Å². The summed E-state index contributed by atoms with van der Waals surface area (Å²) in [7, 11) is -4.06. The maximum atomic E-state index is 12.7. The maximum absolute atomic E-state index is 12.7. The zero-order valence-corrected chi connectivity index (χ0v) is 16.9. The van der Waals surface area contributed by atoms with E-state index in [2.05, 4.69) is 19.8 Å². The van der Waals surface area contributed by atoms with Crippen molar-refractivity contribution in [3.8, 4) is 0 Å². The number of anilines is 1. The van der Waals surface area contributed by atoms with E-state index in [4.69, 9.17) is 0 Å². The Morgan fingerprint density at radius 1 is 1.07 bits per heavy atom. The van der Waals surface area contributed by atoms with Gasteiger partial charge in [-0.05, 0) is 18.6 Å². The van der Waals surface area contributed by atoms with E-state index in [0.29, 0.717) is 18.9 Å². The number of benzene rings is 1. The van der Waals surface area contributed by atoms with Crippen molar-refractivity contribution in [3.63, 3.8) is 0 Å². The molecule has 0 aliphatic carbocycles. The van der Waals surface area contributed by atoms with Crippen LogP contribution in [0.1, 0.15) is 16.8 Å². The third-order valence-corrected chi connectivity index (χ3v) is 7.07. The van der Waals surface area contributed by atoms with E-state index in [9.17, 15) is 23.3 Å². The van der Waals surface area contributed by atoms with Gasteiger partial charge in [0.25, 0.3) is 21.6 Å². The minimum Gasteiger partial charge on any atom is -0.338 e. The highest BCUT2D eigenvalue weighted by Gasteiger charge is 2.41. The summed E-state index contributed by atoms with van der Waals surface area (Å²) < 4.78 is 26.2. The number of hydrogen-bond acceptors (Lipinski definition) is 9. The summed E-state index contributed by atoms with van der Waals surface area (Å²) in [6.45, 7) is 3.77. The predicted octanol–water partition coefficient (Wildman–Crippen LogP) is 0.742. The molecule has 11 nitrogen and oxygen atoms in total. The van der Waals surface area contributed by atoms with Crippen molar-refractivity contribution in [1.29, 1.82) is 0 Å². The van der Waals surface area contributed by atoms with Crippen LogP contribution < -0.4 is 4.90 Å². The third-order valence-electron chi connectivity index (χ3n) is 5.24. The van der Waals surface area contributed by atoms with Gasteiger partial charge >= 0.3 is 0 Å². The number of amides is 1. The molecule has 1 aromatic carbocycles. The lowest BCUT2D eigenvalue weighted by Gasteiger charge is -2.34. The number of piperazine rings is 1. The Labute approximate surface area is 173 Å². The van der Waals surface area contributed by atoms with Crippen molar-refractivity contribution < 1.29 is 18.1 Å². The summed E-state index contributed by atoms with van der Waals surface area (Å²) in [5.74, 6) is 0.0590. The number of carbonyl (C=O) groups excluding carboxylic acids is 1. The molecule has 1 aromatic heterocycles. The molecule has 1 amide bonds. The number of non-ortho nitro benzene ring substituents is 1. The smallest absolute Gasteiger partial charge is 0.270 e. The van der Waals surface area contributed by atoms with Crippen molar-refractivity contribution in [2.45, 2.75) is 11.3 Å². The standard InChI is InChI=1S/C18H20N6O5S/c25-17-15-4-3-14(24(26)27)13-16(15)30(28,29)23(17)8-2-7-21-9-11-22(12-10-21)18-19-5-1-6-20-18/h1,3-6,13H,2,7-12H2. The van der Waals surface area contributed by atoms with Crippen molar-refractivity contribution in [1.82, 2.24) is 19.2 Å². The van der Waals surface area contributed by atoms with Crippen LogP contribution in [0.25, 0.3) is 0 Å². The minimum atomic E-state index is -4.06. The van der Waals surface area contributed by atoms with Crippen LogP contribution >= 0.6 is 0 Å². The Balaban J connectivity index is 1.34. The number of aromatic nitrogens is 2. The lowest BCUT2D eigenvalue weighted by atomic mass is 10.2. The Hall–Kier alpha value is -3.12. The van der Waals surface area contributed by atoms with Gasteiger partial charge in [0.05, 0.1) is 10.5 Å². The third kappa shape index (κ3) is 3.71. The summed E-state index contributed by atoms with van der Waals surface area (Å²) in [6.07, 6.45) is 3.88. The number of nitro benzene ring substituents is 1. The minimum absolute atomic E-state index is 0.0166. The van der Waals surface area contributed by atoms with Gasteiger partial charge in [0.15, 0.2) is 0 Å². The van der Waals surface area contributed by atoms with Crippen molar-refractivity contribution in [2.75, 3.05) is 44.2 Å². The van der Waals surface area contributed by atoms with Crippen LogP contribution in [-0.2, 0) is 10.0 Å². The average Bonchev–Trinajstić information content (AvgIpc) is 2.95. The summed E-state index contributed by atoms with van der Waals surface area (Å²) in [5, 5.41) is 10.9. The Morgan fingerprint density at radius 2 is 1.77 bits per heavy atom. The van der Waals surface area contributed by atoms with Gasteiger partial charge in [-0.2, -0.15) is 0 Å². The normalized spacial score (nSPS) is 18.5. The fraction of sp³-hybridized carbons (Fsp3) is 0.389. The zero-order chi connectivity index (χ0) is 21.3. The van der Waals surface area contributed by atoms with E-state index < -0.39 is 20.9 Å². The van der Waals surface area contributed by atoms with Gasteiger partial charge in [-0.3, -0.25) is 19.8 Å². The van der Waals surface area contributed by atoms with Crippen LogP contribution in [0.4, 0.5) is 11.6 Å². The molecule has 0 unspecified atom stereocenters. The number of carbonyl (C=O) groups is 1. The van der Waals surface area contributed by atoms with Crippen LogP contribution in [0.3, 0.4) is 0 Å². The highest BCUT2D eigenvalue weighted by Crippen LogP contribution is 2.33. The molecule has 158 valence electrons. The van der Waals surface area contributed by atoms with Gasteiger partial charge in [0, 0.05) is 63.8 Å². The molecule has 12 heteroatoms. The molecule has 0 atom stereocenters. The summed E-state index contributed by atoms with van der Waals surface area (Å²) in [5.41, 5.74) is -0.371. The molecule has 1 fully saturated rings. The van der Waals surface area contributed by atoms with E-state index in [-0.39, 0.29) is 22.7 Å². The van der Waals surface area contributed by atoms with Crippen molar-refractivity contribution >= 4 is 27.6 Å². The fourth-order valence-electron chi connectivity index (χ4n) is 3.66. The molecule has 2 aromatic rings. The molecule has 2 aliphatic heterocycles. The van der Waals surface area contributed by atoms with Gasteiger partial charge < -0.3 is 4.90 Å². The molecule has 4 rings (SSSR count). The Bertz CT molecular complexity index is 1070. The van der Waals surface area contributed by atoms with E-state index in [0.717, 1.165) is 42.6 Å². The first kappa shape index (κ1) is 20.2. The molecular formula is C18H20N6O5S. The van der Waals surface area contributed by atoms with Crippen LogP contribution in [-0.4, -0.2) is 77.7 Å². The van der Waals surface area contributed by atoms with E-state index in [1.54, 1.807) is 18.5 Å². The molecule has 0 bridgehead atoms. The van der Waals surface area contributed by atoms with Crippen LogP contribution in [0, 0.1) is 10.1 Å². The zero-order valence-electron chi connectivity index (χ0n) is 16.0. The topological polar surface area (TPSA) is 130 Å². The molecule has 0 N–H and O–H groups in total. The highest BCUT2D eigenvalue weighted by atomic mass is 32.2. The lowest BCUT2D eigenvalue weighted by Crippen LogP contribution is -2.47. The van der Waals surface area contributed by atoms with Gasteiger partial charge in [0.1, 0.15) is 4.90 Å². The van der Waals surface area contributed by atoms with Crippen LogP contribution in [0.5, 0.6) is 0 Å². The summed E-state index contributed by atoms with van der Waals surface area (Å²) in [4.78, 5) is 35.3. The van der Waals surface area contributed by atoms with E-state index >= 15 is 0 Å². The summed E-state index contributed by atoms with van der Waals surface area (Å²) in [6, 6.07) is 5.07. The monoisotopic (exact) mass is 432 g/mol. The molecular weight excluding hydrogens is 412 g/mol. The number of nitrogens with zero attached hydrogens (tertiary/aromatic N) is 6. The number of hydrogen-bond donors (Lipinski definition) is 0. The second-order valence-corrected chi connectivity index (χ2v) is 8.88. The number of sulfonamides is 1. The quantitative estimate of drug-likeness (QED) is 0.479. The predicted molar refractivity (Wildman–Crippen MR) is 107 cm³/mol. The van der Waals surface area contributed by atoms with Gasteiger partial charge in [-0.1, -0.05) is 0 Å². The van der Waals surface area contributed by atoms with Gasteiger partial charge in [-0.15, -0.1) is 0 Å². The van der Waals surface area contributed by atoms with Crippen LogP contribution in [0.15, 0.2) is 41.6 Å². The van der Waals surface area contributed by atoms with E-state index in [1.807, 2.05) is 0 Å². The molecule has 0 saturated carbocycles. The largest absolute Gasteiger partial charge is 0.338 e.